The van der Waals surface area contributed by atoms with E-state index >= 15 is 0 Å². The number of carboxylic acid groups (broad SMARTS) is 1. The van der Waals surface area contributed by atoms with Gasteiger partial charge in [-0.05, 0) is 12.1 Å². The van der Waals surface area contributed by atoms with Gasteiger partial charge in [0.15, 0.2) is 17.5 Å². The van der Waals surface area contributed by atoms with E-state index in [-0.39, 0.29) is 29.7 Å². The van der Waals surface area contributed by atoms with Crippen molar-refractivity contribution in [3.8, 4) is 22.9 Å². The molecule has 0 aliphatic heterocycles. The van der Waals surface area contributed by atoms with Crippen LogP contribution in [-0.4, -0.2) is 49.6 Å². The summed E-state index contributed by atoms with van der Waals surface area (Å²) in [7, 11) is 1.40. The molecule has 0 bridgehead atoms. The van der Waals surface area contributed by atoms with E-state index in [1.807, 2.05) is 0 Å². The quantitative estimate of drug-likeness (QED) is 0.427. The zero-order chi connectivity index (χ0) is 24.7. The van der Waals surface area contributed by atoms with Crippen LogP contribution in [0.15, 0.2) is 53.4 Å². The molecule has 3 heterocycles. The van der Waals surface area contributed by atoms with Crippen molar-refractivity contribution in [1.82, 2.24) is 24.9 Å². The van der Waals surface area contributed by atoms with Crippen molar-refractivity contribution >= 4 is 11.8 Å². The maximum absolute atomic E-state index is 14.2. The van der Waals surface area contributed by atoms with Crippen molar-refractivity contribution in [3.05, 3.63) is 66.1 Å². The molecule has 0 unspecified atom stereocenters. The van der Waals surface area contributed by atoms with E-state index in [1.54, 1.807) is 30.3 Å². The molecule has 0 atom stereocenters. The van der Waals surface area contributed by atoms with E-state index in [2.05, 4.69) is 34.1 Å². The normalized spacial score (nSPS) is 10.5. The van der Waals surface area contributed by atoms with Crippen LogP contribution in [0, 0.1) is 11.6 Å². The topological polar surface area (TPSA) is 110 Å². The third-order valence-corrected chi connectivity index (χ3v) is 4.45. The summed E-state index contributed by atoms with van der Waals surface area (Å²) in [5.41, 5.74) is 1.66. The number of benzene rings is 1. The second-order valence-corrected chi connectivity index (χ2v) is 7.37. The zero-order valence-corrected chi connectivity index (χ0v) is 18.9. The van der Waals surface area contributed by atoms with Crippen LogP contribution in [0.3, 0.4) is 0 Å². The van der Waals surface area contributed by atoms with Gasteiger partial charge in [0, 0.05) is 18.7 Å². The fraction of sp³-hybridized carbons (Fsp3) is 0.261. The number of hydrogen-bond acceptors (Lipinski definition) is 7. The van der Waals surface area contributed by atoms with E-state index in [4.69, 9.17) is 9.63 Å². The predicted octanol–water partition coefficient (Wildman–Crippen LogP) is 4.26. The number of aromatic nitrogens is 5. The summed E-state index contributed by atoms with van der Waals surface area (Å²) in [6.07, 6.45) is 3.59. The molecule has 0 saturated carbocycles. The Balaban J connectivity index is 0.00000103. The molecule has 0 aliphatic carbocycles. The number of aliphatic carboxylic acids is 1. The number of carbonyl (C=O) groups is 1. The standard InChI is InChI=1S/C20H16F2N6O3.C3H8/c1-27(11-18(29)30)20-14(22)9-23-19(24-20)16-8-17(15-6-7-31-26-15)28(25-16)10-12-4-2-3-5-13(12)21;1-3-2/h2-9H,10-11H2,1H3,(H,29,30);3H2,1-2H3. The molecule has 11 heteroatoms. The van der Waals surface area contributed by atoms with E-state index < -0.39 is 18.3 Å². The first-order valence-corrected chi connectivity index (χ1v) is 10.5. The van der Waals surface area contributed by atoms with Crippen molar-refractivity contribution in [2.75, 3.05) is 18.5 Å². The number of carboxylic acids is 1. The molecule has 0 spiro atoms. The highest BCUT2D eigenvalue weighted by atomic mass is 19.1. The number of likely N-dealkylation sites (N-methyl/N-ethyl adjacent to an activating group) is 1. The number of hydrogen-bond donors (Lipinski definition) is 1. The van der Waals surface area contributed by atoms with Gasteiger partial charge >= 0.3 is 5.97 Å². The average Bonchev–Trinajstić information content (AvgIpc) is 3.46. The molecule has 1 N–H and O–H groups in total. The maximum atomic E-state index is 14.2. The van der Waals surface area contributed by atoms with Gasteiger partial charge in [-0.25, -0.2) is 18.7 Å². The molecule has 9 nitrogen and oxygen atoms in total. The summed E-state index contributed by atoms with van der Waals surface area (Å²) in [6, 6.07) is 9.53. The van der Waals surface area contributed by atoms with Gasteiger partial charge < -0.3 is 14.5 Å². The van der Waals surface area contributed by atoms with Crippen molar-refractivity contribution in [2.24, 2.45) is 0 Å². The molecule has 0 aliphatic rings. The second kappa shape index (κ2) is 11.1. The molecule has 0 fully saturated rings. The van der Waals surface area contributed by atoms with Crippen LogP contribution in [-0.2, 0) is 11.3 Å². The Kier molecular flexibility index (Phi) is 8.01. The SMILES string of the molecule is CCC.CN(CC(=O)O)c1nc(-c2cc(-c3ccon3)n(Cc3ccccc3F)n2)ncc1F. The summed E-state index contributed by atoms with van der Waals surface area (Å²) in [5.74, 6) is -2.40. The van der Waals surface area contributed by atoms with Crippen LogP contribution in [0.25, 0.3) is 22.9 Å². The lowest BCUT2D eigenvalue weighted by Gasteiger charge is -2.16. The van der Waals surface area contributed by atoms with Crippen molar-refractivity contribution in [3.63, 3.8) is 0 Å². The Morgan fingerprint density at radius 2 is 1.88 bits per heavy atom. The smallest absolute Gasteiger partial charge is 0.323 e. The molecule has 0 saturated heterocycles. The first-order chi connectivity index (χ1) is 16.3. The molecule has 4 rings (SSSR count). The van der Waals surface area contributed by atoms with Crippen LogP contribution in [0.2, 0.25) is 0 Å². The Hall–Kier alpha value is -4.15. The summed E-state index contributed by atoms with van der Waals surface area (Å²) < 4.78 is 34.8. The van der Waals surface area contributed by atoms with Crippen LogP contribution in [0.1, 0.15) is 25.8 Å². The van der Waals surface area contributed by atoms with Gasteiger partial charge in [-0.2, -0.15) is 5.10 Å². The maximum Gasteiger partial charge on any atom is 0.323 e. The minimum absolute atomic E-state index is 0.0747. The monoisotopic (exact) mass is 470 g/mol. The summed E-state index contributed by atoms with van der Waals surface area (Å²) in [4.78, 5) is 20.2. The number of halogens is 2. The molecule has 1 aromatic carbocycles. The van der Waals surface area contributed by atoms with Gasteiger partial charge in [-0.3, -0.25) is 9.48 Å². The van der Waals surface area contributed by atoms with Crippen LogP contribution < -0.4 is 4.90 Å². The van der Waals surface area contributed by atoms with Gasteiger partial charge in [0.1, 0.15) is 30.0 Å². The highest BCUT2D eigenvalue weighted by molar-refractivity contribution is 5.73. The van der Waals surface area contributed by atoms with Gasteiger partial charge in [0.25, 0.3) is 0 Å². The number of rotatable bonds is 7. The summed E-state index contributed by atoms with van der Waals surface area (Å²) in [6.45, 7) is 3.90. The fourth-order valence-corrected chi connectivity index (χ4v) is 3.01. The lowest BCUT2D eigenvalue weighted by molar-refractivity contribution is -0.135. The van der Waals surface area contributed by atoms with Crippen molar-refractivity contribution in [2.45, 2.75) is 26.8 Å². The molecule has 3 aromatic heterocycles. The Morgan fingerprint density at radius 1 is 1.15 bits per heavy atom. The van der Waals surface area contributed by atoms with E-state index in [1.165, 1.54) is 30.5 Å². The van der Waals surface area contributed by atoms with E-state index in [9.17, 15) is 13.6 Å². The summed E-state index contributed by atoms with van der Waals surface area (Å²) in [5, 5.41) is 17.3. The molecule has 4 aromatic rings. The zero-order valence-electron chi connectivity index (χ0n) is 18.9. The molecule has 0 radical (unpaired) electrons. The van der Waals surface area contributed by atoms with Crippen molar-refractivity contribution in [1.29, 1.82) is 0 Å². The minimum atomic E-state index is -1.13. The Bertz CT molecular complexity index is 1240. The highest BCUT2D eigenvalue weighted by Gasteiger charge is 2.20. The first kappa shape index (κ1) is 24.5. The highest BCUT2D eigenvalue weighted by Crippen LogP contribution is 2.26. The summed E-state index contributed by atoms with van der Waals surface area (Å²) >= 11 is 0. The lowest BCUT2D eigenvalue weighted by Crippen LogP contribution is -2.27. The fourth-order valence-electron chi connectivity index (χ4n) is 3.01. The third kappa shape index (κ3) is 5.80. The molecule has 178 valence electrons. The molecule has 34 heavy (non-hydrogen) atoms. The van der Waals surface area contributed by atoms with E-state index in [0.717, 1.165) is 11.1 Å². The first-order valence-electron chi connectivity index (χ1n) is 10.5. The Morgan fingerprint density at radius 3 is 2.53 bits per heavy atom. The average molecular weight is 470 g/mol. The second-order valence-electron chi connectivity index (χ2n) is 7.37. The van der Waals surface area contributed by atoms with E-state index in [0.29, 0.717) is 17.0 Å². The van der Waals surface area contributed by atoms with Gasteiger partial charge in [-0.15, -0.1) is 0 Å². The Labute approximate surface area is 194 Å². The minimum Gasteiger partial charge on any atom is -0.480 e. The molecular weight excluding hydrogens is 446 g/mol. The largest absolute Gasteiger partial charge is 0.480 e. The molecular formula is C23H24F2N6O3. The van der Waals surface area contributed by atoms with Crippen LogP contribution in [0.5, 0.6) is 0 Å². The van der Waals surface area contributed by atoms with Crippen LogP contribution >= 0.6 is 0 Å². The van der Waals surface area contributed by atoms with Gasteiger partial charge in [0.2, 0.25) is 0 Å². The third-order valence-electron chi connectivity index (χ3n) is 4.45. The number of nitrogens with zero attached hydrogens (tertiary/aromatic N) is 6. The number of anilines is 1. The van der Waals surface area contributed by atoms with Gasteiger partial charge in [-0.1, -0.05) is 43.6 Å². The van der Waals surface area contributed by atoms with Gasteiger partial charge in [0.05, 0.1) is 18.4 Å². The lowest BCUT2D eigenvalue weighted by atomic mass is 10.2. The van der Waals surface area contributed by atoms with Crippen molar-refractivity contribution < 1.29 is 23.2 Å². The predicted molar refractivity (Wildman–Crippen MR) is 121 cm³/mol. The molecule has 0 amide bonds. The van der Waals surface area contributed by atoms with Crippen LogP contribution in [0.4, 0.5) is 14.6 Å².